The predicted octanol–water partition coefficient (Wildman–Crippen LogP) is 4.85. The highest BCUT2D eigenvalue weighted by molar-refractivity contribution is 8.13. The van der Waals surface area contributed by atoms with Crippen molar-refractivity contribution in [2.75, 3.05) is 17.8 Å². The summed E-state index contributed by atoms with van der Waals surface area (Å²) in [6.07, 6.45) is 3.67. The van der Waals surface area contributed by atoms with Crippen molar-refractivity contribution >= 4 is 46.2 Å². The zero-order chi connectivity index (χ0) is 17.8. The fourth-order valence-corrected chi connectivity index (χ4v) is 3.12. The van der Waals surface area contributed by atoms with Gasteiger partial charge < -0.3 is 4.74 Å². The lowest BCUT2D eigenvalue weighted by Gasteiger charge is -2.17. The number of anilines is 1. The molecule has 0 unspecified atom stereocenters. The average molecular weight is 373 g/mol. The molecule has 4 nitrogen and oxygen atoms in total. The number of amides is 1. The van der Waals surface area contributed by atoms with E-state index in [4.69, 9.17) is 16.3 Å². The molecule has 0 fully saturated rings. The minimum atomic E-state index is -0.150. The minimum Gasteiger partial charge on any atom is -0.494 e. The first-order valence-corrected chi connectivity index (χ1v) is 9.40. The first-order chi connectivity index (χ1) is 12.1. The molecular formula is C19H17ClN2O2S. The Kier molecular flexibility index (Phi) is 5.46. The van der Waals surface area contributed by atoms with Crippen LogP contribution in [-0.4, -0.2) is 23.9 Å². The van der Waals surface area contributed by atoms with Crippen LogP contribution < -0.4 is 9.64 Å². The maximum Gasteiger partial charge on any atom is 0.283 e. The van der Waals surface area contributed by atoms with Gasteiger partial charge in [-0.05, 0) is 61.2 Å². The zero-order valence-corrected chi connectivity index (χ0v) is 15.5. The Hall–Kier alpha value is -2.24. The molecule has 2 aromatic rings. The van der Waals surface area contributed by atoms with Gasteiger partial charge in [-0.1, -0.05) is 35.5 Å². The van der Waals surface area contributed by atoms with Crippen molar-refractivity contribution in [3.05, 3.63) is 64.8 Å². The summed E-state index contributed by atoms with van der Waals surface area (Å²) in [6.45, 7) is 2.54. The van der Waals surface area contributed by atoms with Crippen LogP contribution in [0, 0.1) is 0 Å². The number of carbonyl (C=O) groups is 1. The van der Waals surface area contributed by atoms with Gasteiger partial charge in [0.15, 0.2) is 5.17 Å². The second kappa shape index (κ2) is 7.76. The fraction of sp³-hybridized carbons (Fsp3) is 0.158. The monoisotopic (exact) mass is 372 g/mol. The van der Waals surface area contributed by atoms with E-state index in [2.05, 4.69) is 4.99 Å². The molecule has 1 aliphatic rings. The van der Waals surface area contributed by atoms with E-state index in [1.54, 1.807) is 23.1 Å². The van der Waals surface area contributed by atoms with Gasteiger partial charge in [-0.2, -0.15) is 0 Å². The topological polar surface area (TPSA) is 41.9 Å². The van der Waals surface area contributed by atoms with Gasteiger partial charge in [-0.15, -0.1) is 0 Å². The normalized spacial score (nSPS) is 15.6. The highest BCUT2D eigenvalue weighted by atomic mass is 35.5. The van der Waals surface area contributed by atoms with Crippen molar-refractivity contribution < 1.29 is 9.53 Å². The SMILES string of the molecule is CCOc1ccc(N2C(=O)/C(=C/c3ccc(Cl)cc3)N=C2SC)cc1. The first-order valence-electron chi connectivity index (χ1n) is 7.79. The van der Waals surface area contributed by atoms with Crippen molar-refractivity contribution in [2.45, 2.75) is 6.92 Å². The van der Waals surface area contributed by atoms with E-state index < -0.39 is 0 Å². The Labute approximate surface area is 156 Å². The number of carbonyl (C=O) groups excluding carboxylic acids is 1. The van der Waals surface area contributed by atoms with Gasteiger partial charge in [0.25, 0.3) is 5.91 Å². The number of amidine groups is 1. The van der Waals surface area contributed by atoms with E-state index in [1.807, 2.05) is 49.6 Å². The lowest BCUT2D eigenvalue weighted by Crippen LogP contribution is -2.29. The minimum absolute atomic E-state index is 0.150. The summed E-state index contributed by atoms with van der Waals surface area (Å²) in [7, 11) is 0. The van der Waals surface area contributed by atoms with Crippen molar-refractivity contribution in [1.82, 2.24) is 0 Å². The number of rotatable bonds is 4. The third-order valence-corrected chi connectivity index (χ3v) is 4.48. The van der Waals surface area contributed by atoms with Crippen LogP contribution in [0.2, 0.25) is 5.02 Å². The molecule has 0 radical (unpaired) electrons. The highest BCUT2D eigenvalue weighted by Gasteiger charge is 2.31. The molecule has 0 bridgehead atoms. The molecule has 0 aromatic heterocycles. The van der Waals surface area contributed by atoms with E-state index in [0.717, 1.165) is 17.0 Å². The zero-order valence-electron chi connectivity index (χ0n) is 13.9. The van der Waals surface area contributed by atoms with Crippen LogP contribution in [0.1, 0.15) is 12.5 Å². The van der Waals surface area contributed by atoms with Crippen LogP contribution in [-0.2, 0) is 4.79 Å². The molecule has 0 atom stereocenters. The van der Waals surface area contributed by atoms with Crippen molar-refractivity contribution in [3.8, 4) is 5.75 Å². The van der Waals surface area contributed by atoms with Gasteiger partial charge in [0.05, 0.1) is 12.3 Å². The van der Waals surface area contributed by atoms with Gasteiger partial charge in [0, 0.05) is 5.02 Å². The van der Waals surface area contributed by atoms with E-state index in [1.165, 1.54) is 11.8 Å². The van der Waals surface area contributed by atoms with Gasteiger partial charge in [0.1, 0.15) is 11.4 Å². The van der Waals surface area contributed by atoms with Crippen LogP contribution >= 0.6 is 23.4 Å². The smallest absolute Gasteiger partial charge is 0.283 e. The number of hydrogen-bond acceptors (Lipinski definition) is 4. The number of benzene rings is 2. The molecule has 0 N–H and O–H groups in total. The van der Waals surface area contributed by atoms with Crippen molar-refractivity contribution in [1.29, 1.82) is 0 Å². The van der Waals surface area contributed by atoms with E-state index in [-0.39, 0.29) is 5.91 Å². The Morgan fingerprint density at radius 3 is 2.44 bits per heavy atom. The van der Waals surface area contributed by atoms with E-state index in [9.17, 15) is 4.79 Å². The molecule has 0 saturated heterocycles. The third kappa shape index (κ3) is 3.89. The summed E-state index contributed by atoms with van der Waals surface area (Å²) in [6, 6.07) is 14.7. The standard InChI is InChI=1S/C19H17ClN2O2S/c1-3-24-16-10-8-15(9-11-16)22-18(23)17(21-19(22)25-2)12-13-4-6-14(20)7-5-13/h4-12H,3H2,1-2H3/b17-12-. The average Bonchev–Trinajstić information content (AvgIpc) is 2.94. The molecule has 2 aromatic carbocycles. The molecule has 0 saturated carbocycles. The predicted molar refractivity (Wildman–Crippen MR) is 105 cm³/mol. The molecule has 1 aliphatic heterocycles. The summed E-state index contributed by atoms with van der Waals surface area (Å²) in [4.78, 5) is 18.9. The van der Waals surface area contributed by atoms with Crippen LogP contribution in [0.3, 0.4) is 0 Å². The summed E-state index contributed by atoms with van der Waals surface area (Å²) >= 11 is 7.34. The van der Waals surface area contributed by atoms with Gasteiger partial charge in [-0.3, -0.25) is 9.69 Å². The quantitative estimate of drug-likeness (QED) is 0.721. The molecule has 25 heavy (non-hydrogen) atoms. The second-order valence-corrected chi connectivity index (χ2v) is 6.46. The molecular weight excluding hydrogens is 356 g/mol. The lowest BCUT2D eigenvalue weighted by molar-refractivity contribution is -0.113. The fourth-order valence-electron chi connectivity index (χ4n) is 2.44. The molecule has 0 aliphatic carbocycles. The Morgan fingerprint density at radius 1 is 1.16 bits per heavy atom. The molecule has 3 rings (SSSR count). The Bertz CT molecular complexity index is 830. The summed E-state index contributed by atoms with van der Waals surface area (Å²) in [5.41, 5.74) is 2.05. The molecule has 1 heterocycles. The Balaban J connectivity index is 1.90. The van der Waals surface area contributed by atoms with E-state index >= 15 is 0 Å². The van der Waals surface area contributed by atoms with Crippen molar-refractivity contribution in [2.24, 2.45) is 4.99 Å². The van der Waals surface area contributed by atoms with Crippen LogP contribution in [0.5, 0.6) is 5.75 Å². The molecule has 6 heteroatoms. The van der Waals surface area contributed by atoms with Crippen LogP contribution in [0.15, 0.2) is 59.2 Å². The Morgan fingerprint density at radius 2 is 1.84 bits per heavy atom. The third-order valence-electron chi connectivity index (χ3n) is 3.59. The van der Waals surface area contributed by atoms with Gasteiger partial charge >= 0.3 is 0 Å². The largest absolute Gasteiger partial charge is 0.494 e. The number of ether oxygens (including phenoxy) is 1. The van der Waals surface area contributed by atoms with E-state index in [0.29, 0.717) is 22.5 Å². The number of nitrogens with zero attached hydrogens (tertiary/aromatic N) is 2. The molecule has 0 spiro atoms. The number of halogens is 1. The summed E-state index contributed by atoms with van der Waals surface area (Å²) < 4.78 is 5.45. The number of hydrogen-bond donors (Lipinski definition) is 0. The van der Waals surface area contributed by atoms with Crippen molar-refractivity contribution in [3.63, 3.8) is 0 Å². The highest BCUT2D eigenvalue weighted by Crippen LogP contribution is 2.29. The summed E-state index contributed by atoms with van der Waals surface area (Å²) in [5.74, 6) is 0.626. The maximum atomic E-state index is 12.8. The first kappa shape index (κ1) is 17.6. The summed E-state index contributed by atoms with van der Waals surface area (Å²) in [5, 5.41) is 1.30. The molecule has 128 valence electrons. The number of thioether (sulfide) groups is 1. The molecule has 1 amide bonds. The van der Waals surface area contributed by atoms with Crippen LogP contribution in [0.25, 0.3) is 6.08 Å². The second-order valence-electron chi connectivity index (χ2n) is 5.25. The van der Waals surface area contributed by atoms with Crippen LogP contribution in [0.4, 0.5) is 5.69 Å². The van der Waals surface area contributed by atoms with Gasteiger partial charge in [-0.25, -0.2) is 4.99 Å². The lowest BCUT2D eigenvalue weighted by atomic mass is 10.2. The van der Waals surface area contributed by atoms with Gasteiger partial charge in [0.2, 0.25) is 0 Å². The maximum absolute atomic E-state index is 12.8. The number of aliphatic imine (C=N–C) groups is 1.